The molecule has 2 heterocycles. The van der Waals surface area contributed by atoms with E-state index in [1.807, 2.05) is 6.07 Å². The highest BCUT2D eigenvalue weighted by Crippen LogP contribution is 2.30. The van der Waals surface area contributed by atoms with Crippen molar-refractivity contribution in [1.29, 1.82) is 0 Å². The Labute approximate surface area is 147 Å². The van der Waals surface area contributed by atoms with Gasteiger partial charge >= 0.3 is 6.03 Å². The zero-order valence-electron chi connectivity index (χ0n) is 14.3. The van der Waals surface area contributed by atoms with Gasteiger partial charge in [0.1, 0.15) is 5.75 Å². The second kappa shape index (κ2) is 7.04. The van der Waals surface area contributed by atoms with Crippen LogP contribution in [-0.4, -0.2) is 36.7 Å². The Morgan fingerprint density at radius 1 is 1.08 bits per heavy atom. The molecule has 1 unspecified atom stereocenters. The van der Waals surface area contributed by atoms with Gasteiger partial charge in [0.2, 0.25) is 0 Å². The van der Waals surface area contributed by atoms with E-state index in [1.54, 1.807) is 18.2 Å². The lowest BCUT2D eigenvalue weighted by Crippen LogP contribution is -2.51. The van der Waals surface area contributed by atoms with Gasteiger partial charge in [0, 0.05) is 18.1 Å². The van der Waals surface area contributed by atoms with Crippen LogP contribution >= 0.6 is 0 Å². The number of piperidine rings is 1. The van der Waals surface area contributed by atoms with Crippen LogP contribution in [0.5, 0.6) is 5.75 Å². The molecule has 3 N–H and O–H groups in total. The number of ether oxygens (including phenoxy) is 1. The van der Waals surface area contributed by atoms with Crippen LogP contribution in [0.15, 0.2) is 24.3 Å². The van der Waals surface area contributed by atoms with Gasteiger partial charge in [0.25, 0.3) is 5.91 Å². The normalized spacial score (nSPS) is 27.6. The molecule has 1 aromatic carbocycles. The zero-order valence-corrected chi connectivity index (χ0v) is 14.3. The molecule has 25 heavy (non-hydrogen) atoms. The highest BCUT2D eigenvalue weighted by molar-refractivity contribution is 6.05. The van der Waals surface area contributed by atoms with E-state index in [9.17, 15) is 9.59 Å². The molecule has 6 nitrogen and oxygen atoms in total. The summed E-state index contributed by atoms with van der Waals surface area (Å²) in [6, 6.07) is 7.79. The molecule has 2 bridgehead atoms. The predicted molar refractivity (Wildman–Crippen MR) is 93.6 cm³/mol. The first-order valence-electron chi connectivity index (χ1n) is 9.27. The Morgan fingerprint density at radius 2 is 1.80 bits per heavy atom. The molecule has 3 fully saturated rings. The number of fused-ring (bicyclic) bond motifs is 2. The molecule has 0 spiro atoms. The van der Waals surface area contributed by atoms with Gasteiger partial charge < -0.3 is 15.4 Å². The van der Waals surface area contributed by atoms with Crippen molar-refractivity contribution in [3.05, 3.63) is 29.8 Å². The lowest BCUT2D eigenvalue weighted by Gasteiger charge is -2.29. The van der Waals surface area contributed by atoms with Crippen molar-refractivity contribution in [2.75, 3.05) is 6.61 Å². The predicted octanol–water partition coefficient (Wildman–Crippen LogP) is 2.20. The van der Waals surface area contributed by atoms with E-state index in [2.05, 4.69) is 16.0 Å². The summed E-state index contributed by atoms with van der Waals surface area (Å²) in [6.45, 7) is 0.633. The summed E-state index contributed by atoms with van der Waals surface area (Å²) in [5, 5.41) is 8.94. The van der Waals surface area contributed by atoms with Gasteiger partial charge in [-0.2, -0.15) is 0 Å². The average Bonchev–Trinajstić information content (AvgIpc) is 3.37. The molecule has 3 atom stereocenters. The first-order valence-corrected chi connectivity index (χ1v) is 9.27. The molecule has 0 radical (unpaired) electrons. The zero-order chi connectivity index (χ0) is 17.2. The first-order chi connectivity index (χ1) is 12.2. The van der Waals surface area contributed by atoms with Crippen LogP contribution in [0.3, 0.4) is 0 Å². The molecule has 1 aromatic rings. The molecule has 6 heteroatoms. The number of hydrogen-bond donors (Lipinski definition) is 3. The number of hydrogen-bond acceptors (Lipinski definition) is 4. The van der Waals surface area contributed by atoms with Gasteiger partial charge in [0.05, 0.1) is 12.2 Å². The number of imide groups is 1. The minimum atomic E-state index is -0.423. The Morgan fingerprint density at radius 3 is 2.52 bits per heavy atom. The fourth-order valence-electron chi connectivity index (χ4n) is 3.84. The van der Waals surface area contributed by atoms with Crippen molar-refractivity contribution < 1.29 is 14.3 Å². The maximum Gasteiger partial charge on any atom is 0.321 e. The highest BCUT2D eigenvalue weighted by atomic mass is 16.5. The minimum absolute atomic E-state index is 0.132. The number of urea groups is 1. The van der Waals surface area contributed by atoms with Gasteiger partial charge in [-0.05, 0) is 56.6 Å². The Hall–Kier alpha value is -2.08. The van der Waals surface area contributed by atoms with Crippen LogP contribution in [-0.2, 0) is 0 Å². The lowest BCUT2D eigenvalue weighted by molar-refractivity contribution is 0.0958. The number of amides is 3. The molecular weight excluding hydrogens is 318 g/mol. The summed E-state index contributed by atoms with van der Waals surface area (Å²) in [7, 11) is 0. The summed E-state index contributed by atoms with van der Waals surface area (Å²) in [6.07, 6.45) is 6.59. The van der Waals surface area contributed by atoms with E-state index in [0.29, 0.717) is 35.9 Å². The summed E-state index contributed by atoms with van der Waals surface area (Å²) >= 11 is 0. The quantitative estimate of drug-likeness (QED) is 0.766. The van der Waals surface area contributed by atoms with Gasteiger partial charge in [-0.1, -0.05) is 12.1 Å². The topological polar surface area (TPSA) is 79.5 Å². The fourth-order valence-corrected chi connectivity index (χ4v) is 3.84. The van der Waals surface area contributed by atoms with Crippen LogP contribution in [0.4, 0.5) is 4.79 Å². The molecule has 3 amide bonds. The van der Waals surface area contributed by atoms with Crippen LogP contribution in [0, 0.1) is 5.92 Å². The van der Waals surface area contributed by atoms with Gasteiger partial charge in [-0.3, -0.25) is 10.1 Å². The number of nitrogens with one attached hydrogen (secondary N) is 3. The first kappa shape index (κ1) is 16.4. The summed E-state index contributed by atoms with van der Waals surface area (Å²) < 4.78 is 5.75. The van der Waals surface area contributed by atoms with E-state index in [4.69, 9.17) is 4.74 Å². The largest absolute Gasteiger partial charge is 0.492 e. The van der Waals surface area contributed by atoms with Crippen molar-refractivity contribution in [3.63, 3.8) is 0 Å². The van der Waals surface area contributed by atoms with Crippen LogP contribution in [0.1, 0.15) is 48.9 Å². The molecule has 2 aliphatic heterocycles. The van der Waals surface area contributed by atoms with Crippen molar-refractivity contribution in [2.24, 2.45) is 5.92 Å². The SMILES string of the molecule is O=C(NC(=O)c1ccccc1OCC1CC1)NC1C[C@H]2CC[C@@H](C1)N2. The van der Waals surface area contributed by atoms with E-state index >= 15 is 0 Å². The monoisotopic (exact) mass is 343 g/mol. The van der Waals surface area contributed by atoms with Gasteiger partial charge in [-0.15, -0.1) is 0 Å². The molecule has 2 saturated heterocycles. The molecule has 4 rings (SSSR count). The smallest absolute Gasteiger partial charge is 0.321 e. The van der Waals surface area contributed by atoms with Gasteiger partial charge in [-0.25, -0.2) is 4.79 Å². The molecule has 0 aromatic heterocycles. The van der Waals surface area contributed by atoms with Crippen LogP contribution in [0.25, 0.3) is 0 Å². The number of benzene rings is 1. The standard InChI is InChI=1S/C19H25N3O3/c23-18(16-3-1-2-4-17(16)25-11-12-5-6-12)22-19(24)21-15-9-13-7-8-14(10-15)20-13/h1-4,12-15,20H,5-11H2,(H2,21,22,23,24)/t13-,14+,15?. The molecular formula is C19H25N3O3. The molecule has 1 aliphatic carbocycles. The van der Waals surface area contributed by atoms with Crippen LogP contribution < -0.4 is 20.7 Å². The second-order valence-electron chi connectivity index (χ2n) is 7.48. The van der Waals surface area contributed by atoms with Crippen LogP contribution in [0.2, 0.25) is 0 Å². The lowest BCUT2D eigenvalue weighted by atomic mass is 10.0. The molecule has 3 aliphatic rings. The van der Waals surface area contributed by atoms with Crippen molar-refractivity contribution >= 4 is 11.9 Å². The molecule has 1 saturated carbocycles. The third-order valence-electron chi connectivity index (χ3n) is 5.34. The van der Waals surface area contributed by atoms with Crippen molar-refractivity contribution in [2.45, 2.75) is 56.7 Å². The van der Waals surface area contributed by atoms with E-state index in [0.717, 1.165) is 12.8 Å². The number of carbonyl (C=O) groups excluding carboxylic acids is 2. The Balaban J connectivity index is 1.32. The summed E-state index contributed by atoms with van der Waals surface area (Å²) in [5.74, 6) is 0.732. The van der Waals surface area contributed by atoms with Crippen molar-refractivity contribution in [1.82, 2.24) is 16.0 Å². The number of rotatable bonds is 5. The number of para-hydroxylation sites is 1. The third-order valence-corrected chi connectivity index (χ3v) is 5.34. The maximum absolute atomic E-state index is 12.5. The minimum Gasteiger partial charge on any atom is -0.492 e. The van der Waals surface area contributed by atoms with Gasteiger partial charge in [0.15, 0.2) is 0 Å². The Bertz CT molecular complexity index is 647. The highest BCUT2D eigenvalue weighted by Gasteiger charge is 2.34. The van der Waals surface area contributed by atoms with E-state index in [1.165, 1.54) is 25.7 Å². The van der Waals surface area contributed by atoms with Crippen molar-refractivity contribution in [3.8, 4) is 5.75 Å². The average molecular weight is 343 g/mol. The Kier molecular flexibility index (Phi) is 4.61. The maximum atomic E-state index is 12.5. The second-order valence-corrected chi connectivity index (χ2v) is 7.48. The third kappa shape index (κ3) is 4.12. The number of carbonyl (C=O) groups is 2. The summed E-state index contributed by atoms with van der Waals surface area (Å²) in [5.41, 5.74) is 0.406. The van der Waals surface area contributed by atoms with E-state index < -0.39 is 11.9 Å². The fraction of sp³-hybridized carbons (Fsp3) is 0.579. The molecule has 134 valence electrons. The summed E-state index contributed by atoms with van der Waals surface area (Å²) in [4.78, 5) is 24.7. The van der Waals surface area contributed by atoms with E-state index in [-0.39, 0.29) is 6.04 Å².